The van der Waals surface area contributed by atoms with Gasteiger partial charge in [0.25, 0.3) is 17.4 Å². The third-order valence-electron chi connectivity index (χ3n) is 7.47. The molecule has 1 unspecified atom stereocenters. The van der Waals surface area contributed by atoms with E-state index in [2.05, 4.69) is 24.5 Å². The summed E-state index contributed by atoms with van der Waals surface area (Å²) in [4.78, 5) is 45.9. The molecule has 1 fully saturated rings. The number of hydrogen-bond donors (Lipinski definition) is 2. The number of amides is 2. The Hall–Kier alpha value is -3.36. The summed E-state index contributed by atoms with van der Waals surface area (Å²) < 4.78 is 1.57. The van der Waals surface area contributed by atoms with Crippen molar-refractivity contribution >= 4 is 41.0 Å². The van der Waals surface area contributed by atoms with Crippen LogP contribution in [0.25, 0.3) is 5.69 Å². The zero-order valence-electron chi connectivity index (χ0n) is 21.6. The molecule has 0 saturated heterocycles. The lowest BCUT2D eigenvalue weighted by molar-refractivity contribution is 0.0653. The SMILES string of the molecule is CNC(=O)c1ccc(-n2c(NC3CC3(C)C)nc3c(c2=O)C[C@@H](C)N(C(=O)c2ccc(Cl)c(Cl)c2)C3)cc1. The fourth-order valence-corrected chi connectivity index (χ4v) is 5.14. The fraction of sp³-hybridized carbons (Fsp3) is 0.357. The van der Waals surface area contributed by atoms with Gasteiger partial charge in [-0.1, -0.05) is 37.0 Å². The van der Waals surface area contributed by atoms with Crippen molar-refractivity contribution in [3.63, 3.8) is 0 Å². The molecular weight excluding hydrogens is 525 g/mol. The minimum atomic E-state index is -0.232. The largest absolute Gasteiger partial charge is 0.355 e. The Morgan fingerprint density at radius 3 is 2.32 bits per heavy atom. The first-order valence-corrected chi connectivity index (χ1v) is 13.3. The van der Waals surface area contributed by atoms with Gasteiger partial charge in [-0.25, -0.2) is 9.55 Å². The average Bonchev–Trinajstić information content (AvgIpc) is 3.50. The van der Waals surface area contributed by atoms with Crippen LogP contribution >= 0.6 is 23.2 Å². The van der Waals surface area contributed by atoms with Gasteiger partial charge >= 0.3 is 0 Å². The zero-order valence-corrected chi connectivity index (χ0v) is 23.2. The molecule has 0 radical (unpaired) electrons. The van der Waals surface area contributed by atoms with Gasteiger partial charge in [0.15, 0.2) is 0 Å². The van der Waals surface area contributed by atoms with Crippen LogP contribution in [-0.2, 0) is 13.0 Å². The average molecular weight is 554 g/mol. The van der Waals surface area contributed by atoms with Crippen LogP contribution in [0.1, 0.15) is 59.2 Å². The smallest absolute Gasteiger partial charge is 0.263 e. The Balaban J connectivity index is 1.55. The number of anilines is 1. The summed E-state index contributed by atoms with van der Waals surface area (Å²) in [7, 11) is 1.57. The Labute approximate surface area is 231 Å². The van der Waals surface area contributed by atoms with Crippen molar-refractivity contribution in [2.45, 2.75) is 52.2 Å². The van der Waals surface area contributed by atoms with Gasteiger partial charge in [-0.2, -0.15) is 0 Å². The first-order chi connectivity index (χ1) is 18.0. The monoisotopic (exact) mass is 553 g/mol. The third kappa shape index (κ3) is 4.78. The van der Waals surface area contributed by atoms with Crippen LogP contribution in [0, 0.1) is 5.41 Å². The number of halogens is 2. The van der Waals surface area contributed by atoms with Crippen molar-refractivity contribution in [1.82, 2.24) is 19.8 Å². The van der Waals surface area contributed by atoms with E-state index in [1.807, 2.05) is 6.92 Å². The Morgan fingerprint density at radius 2 is 1.71 bits per heavy atom. The maximum atomic E-state index is 13.9. The molecule has 0 bridgehead atoms. The van der Waals surface area contributed by atoms with Gasteiger partial charge in [-0.3, -0.25) is 14.4 Å². The molecule has 198 valence electrons. The molecule has 2 N–H and O–H groups in total. The van der Waals surface area contributed by atoms with Crippen LogP contribution in [-0.4, -0.2) is 45.4 Å². The first-order valence-electron chi connectivity index (χ1n) is 12.5. The van der Waals surface area contributed by atoms with Crippen LogP contribution in [0.15, 0.2) is 47.3 Å². The van der Waals surface area contributed by atoms with E-state index in [0.29, 0.717) is 50.5 Å². The molecule has 2 heterocycles. The van der Waals surface area contributed by atoms with Crippen molar-refractivity contribution in [2.24, 2.45) is 5.41 Å². The van der Waals surface area contributed by atoms with Gasteiger partial charge in [0.1, 0.15) is 0 Å². The molecule has 38 heavy (non-hydrogen) atoms. The van der Waals surface area contributed by atoms with Crippen molar-refractivity contribution in [3.8, 4) is 5.69 Å². The number of hydrogen-bond acceptors (Lipinski definition) is 5. The lowest BCUT2D eigenvalue weighted by Crippen LogP contribution is -2.46. The molecule has 2 aliphatic rings. The summed E-state index contributed by atoms with van der Waals surface area (Å²) in [5.74, 6) is 0.0231. The molecule has 10 heteroatoms. The molecule has 1 aliphatic heterocycles. The van der Waals surface area contributed by atoms with Crippen molar-refractivity contribution in [2.75, 3.05) is 12.4 Å². The van der Waals surface area contributed by atoms with E-state index in [9.17, 15) is 14.4 Å². The molecule has 2 aromatic carbocycles. The highest BCUT2D eigenvalue weighted by molar-refractivity contribution is 6.42. The first kappa shape index (κ1) is 26.3. The van der Waals surface area contributed by atoms with E-state index < -0.39 is 0 Å². The molecule has 2 amide bonds. The maximum absolute atomic E-state index is 13.9. The predicted molar refractivity (Wildman–Crippen MR) is 149 cm³/mol. The second kappa shape index (κ2) is 9.75. The van der Waals surface area contributed by atoms with Crippen LogP contribution < -0.4 is 16.2 Å². The summed E-state index contributed by atoms with van der Waals surface area (Å²) in [5, 5.41) is 6.74. The number of benzene rings is 2. The van der Waals surface area contributed by atoms with E-state index >= 15 is 0 Å². The van der Waals surface area contributed by atoms with Gasteiger partial charge in [-0.15, -0.1) is 0 Å². The Kier molecular flexibility index (Phi) is 6.73. The summed E-state index contributed by atoms with van der Waals surface area (Å²) in [6.07, 6.45) is 1.31. The summed E-state index contributed by atoms with van der Waals surface area (Å²) >= 11 is 12.2. The molecule has 2 atom stereocenters. The Bertz CT molecular complexity index is 1500. The maximum Gasteiger partial charge on any atom is 0.263 e. The highest BCUT2D eigenvalue weighted by Crippen LogP contribution is 2.46. The number of carbonyl (C=O) groups excluding carboxylic acids is 2. The van der Waals surface area contributed by atoms with Crippen LogP contribution in [0.4, 0.5) is 5.95 Å². The number of fused-ring (bicyclic) bond motifs is 1. The quantitative estimate of drug-likeness (QED) is 0.477. The number of nitrogens with one attached hydrogen (secondary N) is 2. The van der Waals surface area contributed by atoms with E-state index in [4.69, 9.17) is 28.2 Å². The zero-order chi connectivity index (χ0) is 27.4. The number of rotatable bonds is 5. The Morgan fingerprint density at radius 1 is 1.05 bits per heavy atom. The fourth-order valence-electron chi connectivity index (χ4n) is 4.84. The standard InChI is InChI=1S/C28H29Cl2N5O3/c1-15-11-19-22(14-34(15)25(37)17-7-10-20(29)21(30)12-17)32-27(33-23-13-28(23,2)3)35(26(19)38)18-8-5-16(6-9-18)24(36)31-4/h5-10,12,15,23H,11,13-14H2,1-4H3,(H,31,36)(H,32,33)/t15-,23?/m1/s1. The minimum absolute atomic E-state index is 0.0892. The van der Waals surface area contributed by atoms with Gasteiger partial charge < -0.3 is 15.5 Å². The lowest BCUT2D eigenvalue weighted by atomic mass is 9.98. The van der Waals surface area contributed by atoms with Crippen molar-refractivity contribution < 1.29 is 9.59 Å². The van der Waals surface area contributed by atoms with E-state index in [-0.39, 0.29) is 41.4 Å². The second-order valence-electron chi connectivity index (χ2n) is 10.6. The summed E-state index contributed by atoms with van der Waals surface area (Å²) in [6, 6.07) is 11.6. The molecule has 0 spiro atoms. The topological polar surface area (TPSA) is 96.3 Å². The number of nitrogens with zero attached hydrogens (tertiary/aromatic N) is 3. The molecule has 1 saturated carbocycles. The normalized spacial score (nSPS) is 19.5. The van der Waals surface area contributed by atoms with Crippen LogP contribution in [0.5, 0.6) is 0 Å². The molecule has 8 nitrogen and oxygen atoms in total. The minimum Gasteiger partial charge on any atom is -0.355 e. The molecule has 1 aromatic heterocycles. The van der Waals surface area contributed by atoms with Crippen LogP contribution in [0.3, 0.4) is 0 Å². The van der Waals surface area contributed by atoms with Gasteiger partial charge in [0.05, 0.1) is 28.0 Å². The van der Waals surface area contributed by atoms with E-state index in [1.54, 1.807) is 59.0 Å². The van der Waals surface area contributed by atoms with E-state index in [0.717, 1.165) is 6.42 Å². The number of carbonyl (C=O) groups is 2. The second-order valence-corrected chi connectivity index (χ2v) is 11.4. The molecule has 5 rings (SSSR count). The lowest BCUT2D eigenvalue weighted by Gasteiger charge is -2.34. The third-order valence-corrected chi connectivity index (χ3v) is 8.21. The van der Waals surface area contributed by atoms with Crippen molar-refractivity contribution in [3.05, 3.63) is 85.2 Å². The number of aromatic nitrogens is 2. The highest BCUT2D eigenvalue weighted by atomic mass is 35.5. The summed E-state index contributed by atoms with van der Waals surface area (Å²) in [5.41, 5.74) is 2.59. The molecule has 3 aromatic rings. The highest BCUT2D eigenvalue weighted by Gasteiger charge is 2.46. The van der Waals surface area contributed by atoms with Gasteiger partial charge in [0.2, 0.25) is 5.95 Å². The van der Waals surface area contributed by atoms with Gasteiger partial charge in [0, 0.05) is 35.8 Å². The van der Waals surface area contributed by atoms with Gasteiger partial charge in [-0.05, 0) is 67.6 Å². The van der Waals surface area contributed by atoms with E-state index in [1.165, 1.54) is 0 Å². The predicted octanol–water partition coefficient (Wildman–Crippen LogP) is 4.70. The molecule has 1 aliphatic carbocycles. The molecular formula is C28H29Cl2N5O3. The summed E-state index contributed by atoms with van der Waals surface area (Å²) in [6.45, 7) is 6.43. The van der Waals surface area contributed by atoms with Crippen LogP contribution in [0.2, 0.25) is 10.0 Å². The van der Waals surface area contributed by atoms with Crippen molar-refractivity contribution in [1.29, 1.82) is 0 Å².